The van der Waals surface area contributed by atoms with Crippen molar-refractivity contribution in [3.63, 3.8) is 0 Å². The first-order valence-electron chi connectivity index (χ1n) is 27.1. The third-order valence-electron chi connectivity index (χ3n) is 14.9. The van der Waals surface area contributed by atoms with Crippen molar-refractivity contribution in [1.29, 1.82) is 0 Å². The van der Waals surface area contributed by atoms with E-state index in [-0.39, 0.29) is 120 Å². The molecule has 16 nitrogen and oxygen atoms in total. The van der Waals surface area contributed by atoms with E-state index in [9.17, 15) is 51.4 Å². The van der Waals surface area contributed by atoms with Gasteiger partial charge < -0.3 is 38.6 Å². The predicted octanol–water partition coefficient (Wildman–Crippen LogP) is 10.3. The molecule has 0 bridgehead atoms. The fourth-order valence-electron chi connectivity index (χ4n) is 10.5. The second-order valence-corrected chi connectivity index (χ2v) is 24.2. The molecule has 0 spiro atoms. The Morgan fingerprint density at radius 1 is 0.667 bits per heavy atom. The summed E-state index contributed by atoms with van der Waals surface area (Å²) < 4.78 is 64.9. The number of benzene rings is 3. The number of nitrogens with zero attached hydrogens (tertiary/aromatic N) is 8. The van der Waals surface area contributed by atoms with Gasteiger partial charge in [-0.3, -0.25) is 28.8 Å². The summed E-state index contributed by atoms with van der Waals surface area (Å²) in [6.07, 6.45) is 7.15. The molecule has 23 heteroatoms. The first-order valence-corrected chi connectivity index (χ1v) is 28.7. The number of likely N-dealkylation sites (N-methyl/N-ethyl adjacent to an activating group) is 2. The highest BCUT2D eigenvalue weighted by atomic mass is 35.5. The van der Waals surface area contributed by atoms with Gasteiger partial charge in [0.2, 0.25) is 22.7 Å². The zero-order valence-corrected chi connectivity index (χ0v) is 50.7. The standard InChI is InChI=1S/C34H36F2N4O4S.C27H30F2N4O4S.ClH/c1-6-28(41)38(5)19-34(4)20-39(21(2)3)33(43)29-31(44-18-22-10-8-7-9-11-22)30(42)26(17-40(29)34)32-37-16-25(45-32)14-23-12-13-24(35)15-27(23)36;1-6-21(34)31(5)13-27(4)14-32(15(2)3)26(37)22-24(36)23(35)19(12-33(22)27)25-30-11-18(38-25)9-16-7-8-17(28)10-20(16)29;/h7-13,15-17,21H,6,14,18-20H2,1-5H3;7-8,10-12,15,36H,6,9,13-14H2,1-5H3;1H. The van der Waals surface area contributed by atoms with Crippen LogP contribution >= 0.6 is 35.1 Å². The van der Waals surface area contributed by atoms with Crippen LogP contribution in [0.2, 0.25) is 0 Å². The van der Waals surface area contributed by atoms with Crippen LogP contribution < -0.4 is 15.6 Å². The zero-order chi connectivity index (χ0) is 60.4. The maximum Gasteiger partial charge on any atom is 0.274 e. The molecule has 1 N–H and O–H groups in total. The first kappa shape index (κ1) is 63.9. The minimum atomic E-state index is -0.857. The van der Waals surface area contributed by atoms with Crippen molar-refractivity contribution in [2.75, 3.05) is 40.3 Å². The number of halogens is 5. The van der Waals surface area contributed by atoms with Crippen molar-refractivity contribution in [2.24, 2.45) is 0 Å². The minimum absolute atomic E-state index is 0. The van der Waals surface area contributed by atoms with Crippen molar-refractivity contribution >= 4 is 58.7 Å². The van der Waals surface area contributed by atoms with E-state index in [2.05, 4.69) is 9.97 Å². The lowest BCUT2D eigenvalue weighted by molar-refractivity contribution is -0.131. The summed E-state index contributed by atoms with van der Waals surface area (Å²) in [7, 11) is 3.41. The molecular formula is C61H67ClF4N8O8S2. The van der Waals surface area contributed by atoms with Gasteiger partial charge in [0.25, 0.3) is 11.8 Å². The van der Waals surface area contributed by atoms with Crippen molar-refractivity contribution < 1.29 is 46.6 Å². The van der Waals surface area contributed by atoms with Gasteiger partial charge in [-0.25, -0.2) is 27.5 Å². The number of pyridine rings is 2. The smallest absolute Gasteiger partial charge is 0.274 e. The summed E-state index contributed by atoms with van der Waals surface area (Å²) in [6.45, 7) is 16.0. The number of carbonyl (C=O) groups is 4. The third kappa shape index (κ3) is 13.3. The molecule has 0 saturated heterocycles. The molecule has 3 aromatic carbocycles. The fourth-order valence-corrected chi connectivity index (χ4v) is 12.4. The van der Waals surface area contributed by atoms with E-state index in [0.717, 1.165) is 29.0 Å². The number of rotatable bonds is 17. The molecule has 0 fully saturated rings. The number of ether oxygens (including phenoxy) is 1. The van der Waals surface area contributed by atoms with Gasteiger partial charge in [0.05, 0.1) is 22.2 Å². The van der Waals surface area contributed by atoms with Crippen molar-refractivity contribution in [1.82, 2.24) is 38.7 Å². The van der Waals surface area contributed by atoms with Gasteiger partial charge in [-0.05, 0) is 70.4 Å². The average Bonchev–Trinajstić information content (AvgIpc) is 0.931. The lowest BCUT2D eigenvalue weighted by Gasteiger charge is -2.46. The number of fused-ring (bicyclic) bond motifs is 2. The summed E-state index contributed by atoms with van der Waals surface area (Å²) >= 11 is 2.35. The van der Waals surface area contributed by atoms with Gasteiger partial charge in [0, 0.05) is 125 Å². The van der Waals surface area contributed by atoms with Crippen LogP contribution in [-0.2, 0) is 40.1 Å². The number of hydrogen-bond donors (Lipinski definition) is 1. The van der Waals surface area contributed by atoms with E-state index >= 15 is 0 Å². The SMILES string of the molecule is CCC(=O)N(C)CC1(C)CN(C(C)C)C(=O)c2c(O)c(=O)c(-c3ncc(Cc4ccc(F)cc4F)s3)cn21.CCC(=O)N(C)CC1(C)CN(C(C)C)C(=O)c2c(OCc3ccccc3)c(=O)c(-c3ncc(Cc4ccc(F)cc4F)s3)cn21.Cl. The Morgan fingerprint density at radius 2 is 1.10 bits per heavy atom. The molecule has 6 heterocycles. The van der Waals surface area contributed by atoms with E-state index in [0.29, 0.717) is 39.7 Å². The molecule has 9 rings (SSSR count). The number of aromatic nitrogens is 4. The van der Waals surface area contributed by atoms with Crippen LogP contribution in [0, 0.1) is 23.3 Å². The highest BCUT2D eigenvalue weighted by Gasteiger charge is 2.46. The fraction of sp³-hybridized carbons (Fsp3) is 0.377. The topological polar surface area (TPSA) is 180 Å². The second-order valence-electron chi connectivity index (χ2n) is 22.0. The molecule has 0 saturated carbocycles. The van der Waals surface area contributed by atoms with E-state index in [1.165, 1.54) is 48.0 Å². The molecule has 2 aliphatic heterocycles. The Labute approximate surface area is 498 Å². The third-order valence-corrected chi connectivity index (χ3v) is 16.9. The quantitative estimate of drug-likeness (QED) is 0.0862. The normalized spacial score (nSPS) is 16.4. The predicted molar refractivity (Wildman–Crippen MR) is 317 cm³/mol. The van der Waals surface area contributed by atoms with Crippen molar-refractivity contribution in [2.45, 2.75) is 111 Å². The maximum atomic E-state index is 14.4. The summed E-state index contributed by atoms with van der Waals surface area (Å²) in [5.74, 6) is -4.40. The van der Waals surface area contributed by atoms with Crippen molar-refractivity contribution in [3.05, 3.63) is 173 Å². The molecule has 2 atom stereocenters. The van der Waals surface area contributed by atoms with Gasteiger partial charge in [0.15, 0.2) is 22.9 Å². The highest BCUT2D eigenvalue weighted by Crippen LogP contribution is 2.38. The molecular weight excluding hydrogens is 1150 g/mol. The molecule has 7 aromatic rings. The number of thiazole rings is 2. The maximum absolute atomic E-state index is 14.4. The van der Waals surface area contributed by atoms with Gasteiger partial charge in [-0.15, -0.1) is 35.1 Å². The van der Waals surface area contributed by atoms with Crippen LogP contribution in [0.1, 0.15) is 116 Å². The van der Waals surface area contributed by atoms with E-state index in [1.54, 1.807) is 69.1 Å². The molecule has 2 aliphatic rings. The Morgan fingerprint density at radius 3 is 1.52 bits per heavy atom. The summed E-state index contributed by atoms with van der Waals surface area (Å²) in [5, 5.41) is 11.7. The lowest BCUT2D eigenvalue weighted by atomic mass is 9.93. The molecule has 84 heavy (non-hydrogen) atoms. The van der Waals surface area contributed by atoms with Crippen LogP contribution in [0.5, 0.6) is 11.5 Å². The van der Waals surface area contributed by atoms with E-state index in [4.69, 9.17) is 4.74 Å². The Kier molecular flexibility index (Phi) is 19.8. The van der Waals surface area contributed by atoms with Crippen LogP contribution in [0.15, 0.2) is 101 Å². The molecule has 0 aliphatic carbocycles. The molecule has 4 aromatic heterocycles. The van der Waals surface area contributed by atoms with E-state index < -0.39 is 56.9 Å². The Bertz CT molecular complexity index is 3740. The summed E-state index contributed by atoms with van der Waals surface area (Å²) in [5.41, 5.74) is -1.23. The minimum Gasteiger partial charge on any atom is -0.503 e. The van der Waals surface area contributed by atoms with Gasteiger partial charge >= 0.3 is 0 Å². The average molecular weight is 1220 g/mol. The largest absolute Gasteiger partial charge is 0.503 e. The Balaban J connectivity index is 0.000000242. The highest BCUT2D eigenvalue weighted by molar-refractivity contribution is 7.15. The Hall–Kier alpha value is -7.69. The van der Waals surface area contributed by atoms with Gasteiger partial charge in [0.1, 0.15) is 39.9 Å². The number of aromatic hydroxyl groups is 1. The molecule has 0 radical (unpaired) electrons. The number of hydrogen-bond acceptors (Lipinski definition) is 12. The van der Waals surface area contributed by atoms with Crippen LogP contribution in [-0.4, -0.2) is 120 Å². The van der Waals surface area contributed by atoms with Gasteiger partial charge in [-0.1, -0.05) is 56.3 Å². The molecule has 446 valence electrons. The summed E-state index contributed by atoms with van der Waals surface area (Å²) in [6, 6.07) is 15.7. The first-order chi connectivity index (χ1) is 39.3. The van der Waals surface area contributed by atoms with Gasteiger partial charge in [-0.2, -0.15) is 0 Å². The van der Waals surface area contributed by atoms with Crippen LogP contribution in [0.4, 0.5) is 17.6 Å². The van der Waals surface area contributed by atoms with E-state index in [1.807, 2.05) is 71.9 Å². The molecule has 2 unspecified atom stereocenters. The second kappa shape index (κ2) is 26.1. The zero-order valence-electron chi connectivity index (χ0n) is 48.3. The van der Waals surface area contributed by atoms with Crippen molar-refractivity contribution in [3.8, 4) is 32.6 Å². The summed E-state index contributed by atoms with van der Waals surface area (Å²) in [4.78, 5) is 96.6. The van der Waals surface area contributed by atoms with Crippen LogP contribution in [0.3, 0.4) is 0 Å². The van der Waals surface area contributed by atoms with Crippen LogP contribution in [0.25, 0.3) is 21.1 Å². The number of carbonyl (C=O) groups excluding carboxylic acids is 4. The number of amides is 4. The lowest BCUT2D eigenvalue weighted by Crippen LogP contribution is -2.59. The monoisotopic (exact) mass is 1210 g/mol. The molecule has 4 amide bonds.